The van der Waals surface area contributed by atoms with Gasteiger partial charge in [-0.15, -0.1) is 0 Å². The number of methoxy groups -OCH3 is 1. The highest BCUT2D eigenvalue weighted by molar-refractivity contribution is 5.84. The maximum atomic E-state index is 12.0. The van der Waals surface area contributed by atoms with Crippen molar-refractivity contribution in [1.29, 1.82) is 0 Å². The molecule has 148 valence electrons. The summed E-state index contributed by atoms with van der Waals surface area (Å²) in [5, 5.41) is 24.7. The van der Waals surface area contributed by atoms with E-state index in [1.807, 2.05) is 0 Å². The zero-order valence-corrected chi connectivity index (χ0v) is 15.3. The first-order valence-corrected chi connectivity index (χ1v) is 8.48. The lowest BCUT2D eigenvalue weighted by atomic mass is 10.1. The van der Waals surface area contributed by atoms with E-state index in [1.54, 1.807) is 42.5 Å². The summed E-state index contributed by atoms with van der Waals surface area (Å²) < 4.78 is 10.8. The molecule has 2 aromatic carbocycles. The molecular formula is C20H17N3O6. The third-order valence-corrected chi connectivity index (χ3v) is 4.02. The lowest BCUT2D eigenvalue weighted by Crippen LogP contribution is -2.25. The Kier molecular flexibility index (Phi) is 6.00. The lowest BCUT2D eigenvalue weighted by molar-refractivity contribution is -0.384. The molecule has 29 heavy (non-hydrogen) atoms. The van der Waals surface area contributed by atoms with E-state index in [4.69, 9.17) is 9.15 Å². The molecule has 0 saturated carbocycles. The molecule has 0 aliphatic rings. The molecule has 1 amide bonds. The van der Waals surface area contributed by atoms with Gasteiger partial charge in [0.25, 0.3) is 11.6 Å². The number of benzene rings is 2. The minimum atomic E-state index is -1.34. The molecule has 0 saturated heterocycles. The molecule has 0 radical (unpaired) electrons. The Labute approximate surface area is 165 Å². The predicted octanol–water partition coefficient (Wildman–Crippen LogP) is 3.05. The maximum Gasteiger partial charge on any atom is 0.273 e. The Balaban J connectivity index is 1.69. The molecule has 0 unspecified atom stereocenters. The standard InChI is InChI=1S/C20H17N3O6/c1-28-18-11-14(23(26)27)7-9-16(18)17-10-8-15(29-17)12-21-22-20(25)19(24)13-5-3-2-4-6-13/h2-12,19,24H,1H3,(H,22,25)/b21-12-/t19-/m1/s1. The van der Waals surface area contributed by atoms with Gasteiger partial charge in [0.15, 0.2) is 6.10 Å². The molecule has 0 aliphatic heterocycles. The summed E-state index contributed by atoms with van der Waals surface area (Å²) in [6.07, 6.45) is -0.0679. The van der Waals surface area contributed by atoms with E-state index in [0.717, 1.165) is 0 Å². The number of rotatable bonds is 7. The number of carbonyl (C=O) groups excluding carboxylic acids is 1. The second-order valence-electron chi connectivity index (χ2n) is 5.89. The number of carbonyl (C=O) groups is 1. The molecule has 0 bridgehead atoms. The van der Waals surface area contributed by atoms with Crippen LogP contribution < -0.4 is 10.2 Å². The first kappa shape index (κ1) is 19.8. The first-order valence-electron chi connectivity index (χ1n) is 8.48. The molecule has 1 aromatic heterocycles. The van der Waals surface area contributed by atoms with Gasteiger partial charge in [0.2, 0.25) is 0 Å². The fraction of sp³-hybridized carbons (Fsp3) is 0.100. The highest BCUT2D eigenvalue weighted by Crippen LogP contribution is 2.34. The number of nitro benzene ring substituents is 1. The van der Waals surface area contributed by atoms with Gasteiger partial charge in [0, 0.05) is 6.07 Å². The van der Waals surface area contributed by atoms with Crippen molar-refractivity contribution in [3.63, 3.8) is 0 Å². The largest absolute Gasteiger partial charge is 0.496 e. The molecule has 2 N–H and O–H groups in total. The van der Waals surface area contributed by atoms with E-state index in [0.29, 0.717) is 22.6 Å². The quantitative estimate of drug-likeness (QED) is 0.360. The van der Waals surface area contributed by atoms with Gasteiger partial charge in [-0.05, 0) is 23.8 Å². The number of hydrogen-bond acceptors (Lipinski definition) is 7. The third-order valence-electron chi connectivity index (χ3n) is 4.02. The summed E-state index contributed by atoms with van der Waals surface area (Å²) in [6, 6.07) is 15.9. The summed E-state index contributed by atoms with van der Waals surface area (Å²) in [7, 11) is 1.40. The molecular weight excluding hydrogens is 378 g/mol. The van der Waals surface area contributed by atoms with Crippen LogP contribution in [0, 0.1) is 10.1 Å². The van der Waals surface area contributed by atoms with Crippen LogP contribution in [0.1, 0.15) is 17.4 Å². The van der Waals surface area contributed by atoms with Crippen LogP contribution in [0.4, 0.5) is 5.69 Å². The Morgan fingerprint density at radius 2 is 2.00 bits per heavy atom. The average Bonchev–Trinajstić information content (AvgIpc) is 3.21. The number of furan rings is 1. The molecule has 9 nitrogen and oxygen atoms in total. The smallest absolute Gasteiger partial charge is 0.273 e. The number of aliphatic hydroxyl groups is 1. The van der Waals surface area contributed by atoms with Crippen LogP contribution in [0.2, 0.25) is 0 Å². The van der Waals surface area contributed by atoms with Gasteiger partial charge < -0.3 is 14.3 Å². The lowest BCUT2D eigenvalue weighted by Gasteiger charge is -2.08. The number of hydrogen-bond donors (Lipinski definition) is 2. The highest BCUT2D eigenvalue weighted by Gasteiger charge is 2.17. The van der Waals surface area contributed by atoms with Crippen molar-refractivity contribution < 1.29 is 24.0 Å². The minimum absolute atomic E-state index is 0.0985. The number of nitrogens with zero attached hydrogens (tertiary/aromatic N) is 2. The van der Waals surface area contributed by atoms with Crippen molar-refractivity contribution in [3.05, 3.63) is 82.1 Å². The monoisotopic (exact) mass is 395 g/mol. The second kappa shape index (κ2) is 8.81. The molecule has 0 aliphatic carbocycles. The number of nitrogens with one attached hydrogen (secondary N) is 1. The van der Waals surface area contributed by atoms with E-state index < -0.39 is 16.9 Å². The van der Waals surface area contributed by atoms with Gasteiger partial charge in [0.05, 0.1) is 29.9 Å². The molecule has 3 aromatic rings. The van der Waals surface area contributed by atoms with Crippen molar-refractivity contribution in [3.8, 4) is 17.1 Å². The van der Waals surface area contributed by atoms with Crippen LogP contribution in [0.5, 0.6) is 5.75 Å². The number of aliphatic hydroxyl groups excluding tert-OH is 1. The second-order valence-corrected chi connectivity index (χ2v) is 5.89. The van der Waals surface area contributed by atoms with E-state index in [1.165, 1.54) is 31.5 Å². The number of amides is 1. The molecule has 1 heterocycles. The number of nitro groups is 1. The molecule has 9 heteroatoms. The van der Waals surface area contributed by atoms with E-state index in [9.17, 15) is 20.0 Å². The summed E-state index contributed by atoms with van der Waals surface area (Å²) in [5.74, 6) is 0.344. The minimum Gasteiger partial charge on any atom is -0.496 e. The van der Waals surface area contributed by atoms with Crippen molar-refractivity contribution in [1.82, 2.24) is 5.43 Å². The number of non-ortho nitro benzene ring substituents is 1. The van der Waals surface area contributed by atoms with Crippen molar-refractivity contribution in [2.75, 3.05) is 7.11 Å². The molecule has 0 fully saturated rings. The van der Waals surface area contributed by atoms with Crippen LogP contribution in [0.3, 0.4) is 0 Å². The van der Waals surface area contributed by atoms with Gasteiger partial charge in [-0.1, -0.05) is 30.3 Å². The van der Waals surface area contributed by atoms with Crippen molar-refractivity contribution in [2.24, 2.45) is 5.10 Å². The summed E-state index contributed by atoms with van der Waals surface area (Å²) >= 11 is 0. The number of hydrazone groups is 1. The Bertz CT molecular complexity index is 1050. The number of ether oxygens (including phenoxy) is 1. The van der Waals surface area contributed by atoms with E-state index in [-0.39, 0.29) is 11.4 Å². The van der Waals surface area contributed by atoms with Crippen LogP contribution in [0.15, 0.2) is 70.2 Å². The van der Waals surface area contributed by atoms with Crippen LogP contribution in [-0.4, -0.2) is 29.3 Å². The third kappa shape index (κ3) is 4.66. The topological polar surface area (TPSA) is 127 Å². The van der Waals surface area contributed by atoms with Gasteiger partial charge in [0.1, 0.15) is 17.3 Å². The van der Waals surface area contributed by atoms with Gasteiger partial charge in [-0.25, -0.2) is 5.43 Å². The van der Waals surface area contributed by atoms with Gasteiger partial charge in [-0.3, -0.25) is 14.9 Å². The average molecular weight is 395 g/mol. The van der Waals surface area contributed by atoms with E-state index >= 15 is 0 Å². The highest BCUT2D eigenvalue weighted by atomic mass is 16.6. The van der Waals surface area contributed by atoms with Crippen molar-refractivity contribution >= 4 is 17.8 Å². The maximum absolute atomic E-state index is 12.0. The van der Waals surface area contributed by atoms with Crippen molar-refractivity contribution in [2.45, 2.75) is 6.10 Å². The van der Waals surface area contributed by atoms with Crippen LogP contribution >= 0.6 is 0 Å². The summed E-state index contributed by atoms with van der Waals surface area (Å²) in [6.45, 7) is 0. The fourth-order valence-electron chi connectivity index (χ4n) is 2.57. The van der Waals surface area contributed by atoms with Gasteiger partial charge >= 0.3 is 0 Å². The first-order chi connectivity index (χ1) is 14.0. The van der Waals surface area contributed by atoms with Crippen LogP contribution in [0.25, 0.3) is 11.3 Å². The summed E-state index contributed by atoms with van der Waals surface area (Å²) in [5.41, 5.74) is 3.12. The Morgan fingerprint density at radius 1 is 1.24 bits per heavy atom. The van der Waals surface area contributed by atoms with Crippen LogP contribution in [-0.2, 0) is 4.79 Å². The molecule has 3 rings (SSSR count). The Morgan fingerprint density at radius 3 is 2.69 bits per heavy atom. The fourth-order valence-corrected chi connectivity index (χ4v) is 2.57. The van der Waals surface area contributed by atoms with E-state index in [2.05, 4.69) is 10.5 Å². The predicted molar refractivity (Wildman–Crippen MR) is 104 cm³/mol. The molecule has 1 atom stereocenters. The normalized spacial score (nSPS) is 11.9. The molecule has 0 spiro atoms. The zero-order valence-electron chi connectivity index (χ0n) is 15.3. The van der Waals surface area contributed by atoms with Gasteiger partial charge in [-0.2, -0.15) is 5.10 Å². The zero-order chi connectivity index (χ0) is 20.8. The Hall–Kier alpha value is -3.98. The summed E-state index contributed by atoms with van der Waals surface area (Å²) in [4.78, 5) is 22.3. The SMILES string of the molecule is COc1cc([N+](=O)[O-])ccc1-c1ccc(/C=N\NC(=O)[C@H](O)c2ccccc2)o1.